The number of hydrogen-bond acceptors (Lipinski definition) is 0. The van der Waals surface area contributed by atoms with E-state index in [-0.39, 0.29) is 23.7 Å². The van der Waals surface area contributed by atoms with Crippen molar-refractivity contribution < 1.29 is 17.6 Å². The highest BCUT2D eigenvalue weighted by molar-refractivity contribution is 5.38. The van der Waals surface area contributed by atoms with Gasteiger partial charge in [0.25, 0.3) is 0 Å². The second kappa shape index (κ2) is 7.73. The summed E-state index contributed by atoms with van der Waals surface area (Å²) in [6.45, 7) is 2.07. The standard InChI is InChI=1S/C24H24F4/c1-2-3-4-14-5-7-17-19(24(14)15-6-10-21(26)23(28)11-15)9-8-18-20(17)12-16(25)13-22(18)27/h3-4,6,10-14,17,19,24H,2,5,7-9H2,1H3/t14-,17-,19+,24-/m1/s1. The smallest absolute Gasteiger partial charge is 0.159 e. The van der Waals surface area contributed by atoms with Crippen LogP contribution in [0.3, 0.4) is 0 Å². The third-order valence-electron chi connectivity index (χ3n) is 6.52. The maximum atomic E-state index is 14.3. The van der Waals surface area contributed by atoms with Crippen molar-refractivity contribution >= 4 is 0 Å². The fourth-order valence-electron chi connectivity index (χ4n) is 5.37. The molecule has 0 aliphatic heterocycles. The number of allylic oxidation sites excluding steroid dienone is 2. The van der Waals surface area contributed by atoms with Crippen molar-refractivity contribution in [1.29, 1.82) is 0 Å². The van der Waals surface area contributed by atoms with Gasteiger partial charge in [-0.05, 0) is 90.7 Å². The molecule has 2 aliphatic carbocycles. The first-order valence-corrected chi connectivity index (χ1v) is 10.1. The van der Waals surface area contributed by atoms with Crippen molar-refractivity contribution in [2.45, 2.75) is 50.9 Å². The highest BCUT2D eigenvalue weighted by Gasteiger charge is 2.43. The van der Waals surface area contributed by atoms with Crippen molar-refractivity contribution in [3.8, 4) is 0 Å². The summed E-state index contributed by atoms with van der Waals surface area (Å²) < 4.78 is 55.7. The lowest BCUT2D eigenvalue weighted by Gasteiger charge is -2.46. The molecule has 4 rings (SSSR count). The Hall–Kier alpha value is -2.10. The fourth-order valence-corrected chi connectivity index (χ4v) is 5.37. The van der Waals surface area contributed by atoms with Gasteiger partial charge in [0.15, 0.2) is 11.6 Å². The molecule has 0 radical (unpaired) electrons. The molecule has 1 saturated carbocycles. The molecular weight excluding hydrogens is 364 g/mol. The highest BCUT2D eigenvalue weighted by Crippen LogP contribution is 2.54. The first kappa shape index (κ1) is 19.2. The Morgan fingerprint density at radius 1 is 0.929 bits per heavy atom. The van der Waals surface area contributed by atoms with Crippen LogP contribution in [-0.2, 0) is 6.42 Å². The van der Waals surface area contributed by atoms with Crippen molar-refractivity contribution in [3.63, 3.8) is 0 Å². The van der Waals surface area contributed by atoms with Crippen LogP contribution in [0.1, 0.15) is 61.1 Å². The van der Waals surface area contributed by atoms with E-state index in [1.165, 1.54) is 18.2 Å². The van der Waals surface area contributed by atoms with Gasteiger partial charge in [-0.1, -0.05) is 25.1 Å². The van der Waals surface area contributed by atoms with E-state index in [1.54, 1.807) is 6.07 Å². The van der Waals surface area contributed by atoms with Crippen LogP contribution in [0.25, 0.3) is 0 Å². The second-order valence-corrected chi connectivity index (χ2v) is 8.04. The normalized spacial score (nSPS) is 26.9. The number of rotatable bonds is 3. The average molecular weight is 388 g/mol. The summed E-state index contributed by atoms with van der Waals surface area (Å²) in [6.07, 6.45) is 8.23. The molecule has 2 aromatic carbocycles. The lowest BCUT2D eigenvalue weighted by atomic mass is 9.58. The maximum Gasteiger partial charge on any atom is 0.159 e. The van der Waals surface area contributed by atoms with E-state index in [1.807, 2.05) is 0 Å². The molecule has 0 unspecified atom stereocenters. The van der Waals surface area contributed by atoms with E-state index in [9.17, 15) is 17.6 Å². The number of fused-ring (bicyclic) bond motifs is 3. The molecule has 2 aromatic rings. The largest absolute Gasteiger partial charge is 0.207 e. The molecule has 0 aromatic heterocycles. The van der Waals surface area contributed by atoms with Gasteiger partial charge < -0.3 is 0 Å². The minimum absolute atomic E-state index is 0.0103. The summed E-state index contributed by atoms with van der Waals surface area (Å²) in [6, 6.07) is 6.59. The van der Waals surface area contributed by atoms with Crippen LogP contribution in [0.2, 0.25) is 0 Å². The SMILES string of the molecule is CCC=C[C@@H]1CC[C@H]2c3cc(F)cc(F)c3CC[C@@H]2[C@H]1c1ccc(F)c(F)c1. The van der Waals surface area contributed by atoms with Crippen LogP contribution in [0.5, 0.6) is 0 Å². The first-order chi connectivity index (χ1) is 13.5. The molecule has 0 saturated heterocycles. The van der Waals surface area contributed by atoms with Gasteiger partial charge in [-0.25, -0.2) is 17.6 Å². The number of benzene rings is 2. The highest BCUT2D eigenvalue weighted by atomic mass is 19.2. The minimum Gasteiger partial charge on any atom is -0.207 e. The van der Waals surface area contributed by atoms with Gasteiger partial charge in [-0.3, -0.25) is 0 Å². The number of hydrogen-bond donors (Lipinski definition) is 0. The van der Waals surface area contributed by atoms with Crippen molar-refractivity contribution in [1.82, 2.24) is 0 Å². The third-order valence-corrected chi connectivity index (χ3v) is 6.52. The van der Waals surface area contributed by atoms with Gasteiger partial charge in [0.1, 0.15) is 11.6 Å². The zero-order chi connectivity index (χ0) is 19.8. The molecule has 2 aliphatic rings. The van der Waals surface area contributed by atoms with Crippen LogP contribution in [-0.4, -0.2) is 0 Å². The lowest BCUT2D eigenvalue weighted by molar-refractivity contribution is 0.193. The van der Waals surface area contributed by atoms with E-state index < -0.39 is 23.3 Å². The van der Waals surface area contributed by atoms with E-state index in [0.717, 1.165) is 42.9 Å². The van der Waals surface area contributed by atoms with Gasteiger partial charge in [0, 0.05) is 6.07 Å². The summed E-state index contributed by atoms with van der Waals surface area (Å²) in [5.74, 6) is -2.29. The molecule has 0 amide bonds. The van der Waals surface area contributed by atoms with Gasteiger partial charge in [-0.2, -0.15) is 0 Å². The van der Waals surface area contributed by atoms with E-state index in [2.05, 4.69) is 19.1 Å². The van der Waals surface area contributed by atoms with E-state index in [4.69, 9.17) is 0 Å². The second-order valence-electron chi connectivity index (χ2n) is 8.04. The van der Waals surface area contributed by atoms with Crippen LogP contribution < -0.4 is 0 Å². The summed E-state index contributed by atoms with van der Waals surface area (Å²) >= 11 is 0. The predicted molar refractivity (Wildman–Crippen MR) is 102 cm³/mol. The topological polar surface area (TPSA) is 0 Å². The van der Waals surface area contributed by atoms with Gasteiger partial charge in [0.05, 0.1) is 0 Å². The predicted octanol–water partition coefficient (Wildman–Crippen LogP) is 7.05. The van der Waals surface area contributed by atoms with E-state index in [0.29, 0.717) is 12.0 Å². The molecule has 0 bridgehead atoms. The Morgan fingerprint density at radius 2 is 1.75 bits per heavy atom. The molecule has 148 valence electrons. The minimum atomic E-state index is -0.852. The quantitative estimate of drug-likeness (QED) is 0.390. The van der Waals surface area contributed by atoms with Crippen LogP contribution in [0.4, 0.5) is 17.6 Å². The molecule has 28 heavy (non-hydrogen) atoms. The molecular formula is C24H24F4. The molecule has 0 nitrogen and oxygen atoms in total. The molecule has 0 heterocycles. The van der Waals surface area contributed by atoms with Crippen LogP contribution >= 0.6 is 0 Å². The van der Waals surface area contributed by atoms with Crippen molar-refractivity contribution in [3.05, 3.63) is 82.4 Å². The lowest BCUT2D eigenvalue weighted by Crippen LogP contribution is -2.35. The monoisotopic (exact) mass is 388 g/mol. The Bertz CT molecular complexity index is 902. The van der Waals surface area contributed by atoms with Crippen molar-refractivity contribution in [2.24, 2.45) is 11.8 Å². The van der Waals surface area contributed by atoms with Gasteiger partial charge in [-0.15, -0.1) is 0 Å². The summed E-state index contributed by atoms with van der Waals surface area (Å²) in [7, 11) is 0. The van der Waals surface area contributed by atoms with Gasteiger partial charge >= 0.3 is 0 Å². The van der Waals surface area contributed by atoms with Gasteiger partial charge in [0.2, 0.25) is 0 Å². The zero-order valence-electron chi connectivity index (χ0n) is 15.9. The first-order valence-electron chi connectivity index (χ1n) is 10.1. The molecule has 1 fully saturated rings. The molecule has 4 heteroatoms. The Morgan fingerprint density at radius 3 is 2.50 bits per heavy atom. The average Bonchev–Trinajstić information content (AvgIpc) is 2.67. The van der Waals surface area contributed by atoms with Crippen molar-refractivity contribution in [2.75, 3.05) is 0 Å². The Balaban J connectivity index is 1.78. The Labute approximate surface area is 163 Å². The maximum absolute atomic E-state index is 14.3. The zero-order valence-corrected chi connectivity index (χ0v) is 15.9. The van der Waals surface area contributed by atoms with Crippen LogP contribution in [0, 0.1) is 35.1 Å². The Kier molecular flexibility index (Phi) is 5.31. The summed E-state index contributed by atoms with van der Waals surface area (Å²) in [5.41, 5.74) is 2.16. The fraction of sp³-hybridized carbons (Fsp3) is 0.417. The van der Waals surface area contributed by atoms with Crippen LogP contribution in [0.15, 0.2) is 42.5 Å². The number of halogens is 4. The summed E-state index contributed by atoms with van der Waals surface area (Å²) in [5, 5.41) is 0. The summed E-state index contributed by atoms with van der Waals surface area (Å²) in [4.78, 5) is 0. The van der Waals surface area contributed by atoms with E-state index >= 15 is 0 Å². The third kappa shape index (κ3) is 3.38. The molecule has 0 N–H and O–H groups in total. The molecule has 0 spiro atoms. The molecule has 4 atom stereocenters.